The van der Waals surface area contributed by atoms with Gasteiger partial charge in [-0.25, -0.2) is 4.79 Å². The molecular weight excluding hydrogens is 410 g/mol. The van der Waals surface area contributed by atoms with Crippen LogP contribution in [0.15, 0.2) is 72.8 Å². The maximum Gasteiger partial charge on any atom is 0.320 e. The minimum absolute atomic E-state index is 0.0754. The third-order valence-corrected chi connectivity index (χ3v) is 6.51. The highest BCUT2D eigenvalue weighted by Gasteiger charge is 2.28. The van der Waals surface area contributed by atoms with Crippen LogP contribution in [0.5, 0.6) is 5.75 Å². The van der Waals surface area contributed by atoms with Crippen LogP contribution in [0.4, 0.5) is 4.79 Å². The summed E-state index contributed by atoms with van der Waals surface area (Å²) in [6.45, 7) is 9.32. The molecule has 0 unspecified atom stereocenters. The highest BCUT2D eigenvalue weighted by atomic mass is 16.5. The largest absolute Gasteiger partial charge is 0.473 e. The van der Waals surface area contributed by atoms with Gasteiger partial charge in [0.2, 0.25) is 0 Å². The Kier molecular flexibility index (Phi) is 7.30. The molecule has 1 fully saturated rings. The quantitative estimate of drug-likeness (QED) is 0.542. The summed E-state index contributed by atoms with van der Waals surface area (Å²) in [7, 11) is 0. The molecule has 1 aliphatic heterocycles. The van der Waals surface area contributed by atoms with Gasteiger partial charge in [0.15, 0.2) is 6.73 Å². The molecule has 5 nitrogen and oxygen atoms in total. The van der Waals surface area contributed by atoms with Crippen molar-refractivity contribution in [3.8, 4) is 5.75 Å². The lowest BCUT2D eigenvalue weighted by Gasteiger charge is -2.39. The topological polar surface area (TPSA) is 44.8 Å². The Balaban J connectivity index is 1.35. The van der Waals surface area contributed by atoms with Gasteiger partial charge >= 0.3 is 6.03 Å². The number of carbonyl (C=O) groups excluding carboxylic acids is 1. The number of carbonyl (C=O) groups is 1. The van der Waals surface area contributed by atoms with E-state index in [1.807, 2.05) is 11.8 Å². The van der Waals surface area contributed by atoms with Gasteiger partial charge in [-0.05, 0) is 48.6 Å². The van der Waals surface area contributed by atoms with Crippen molar-refractivity contribution < 1.29 is 9.53 Å². The zero-order valence-corrected chi connectivity index (χ0v) is 19.8. The number of urea groups is 1. The van der Waals surface area contributed by atoms with E-state index in [2.05, 4.69) is 96.9 Å². The van der Waals surface area contributed by atoms with E-state index >= 15 is 0 Å². The molecule has 1 heterocycles. The maximum atomic E-state index is 12.8. The number of nitrogens with zero attached hydrogens (tertiary/aromatic N) is 2. The van der Waals surface area contributed by atoms with Gasteiger partial charge in [-0.15, -0.1) is 0 Å². The molecule has 5 heteroatoms. The maximum absolute atomic E-state index is 12.8. The second-order valence-electron chi connectivity index (χ2n) is 8.67. The Labute approximate surface area is 197 Å². The molecular formula is C28H33N3O2. The van der Waals surface area contributed by atoms with Gasteiger partial charge < -0.3 is 15.0 Å². The Bertz CT molecular complexity index is 1020. The summed E-state index contributed by atoms with van der Waals surface area (Å²) in [5.74, 6) is 0.855. The van der Waals surface area contributed by atoms with Crippen molar-refractivity contribution in [1.29, 1.82) is 0 Å². The van der Waals surface area contributed by atoms with Crippen molar-refractivity contribution in [2.45, 2.75) is 26.8 Å². The minimum Gasteiger partial charge on any atom is -0.473 e. The zero-order valence-electron chi connectivity index (χ0n) is 19.8. The van der Waals surface area contributed by atoms with E-state index in [0.717, 1.165) is 30.0 Å². The standard InChI is InChI=1S/C28H33N3O2/c1-21-14-15-22(2)27(23(21)3)33-20-29-28(32)31-18-16-30(17-19-31)26(24-10-6-4-7-11-24)25-12-8-5-9-13-25/h4-15,26H,16-20H2,1-3H3,(H,29,32). The van der Waals surface area contributed by atoms with Gasteiger partial charge in [-0.2, -0.15) is 0 Å². The molecule has 172 valence electrons. The second-order valence-corrected chi connectivity index (χ2v) is 8.67. The van der Waals surface area contributed by atoms with Gasteiger partial charge in [0.05, 0.1) is 6.04 Å². The van der Waals surface area contributed by atoms with Gasteiger partial charge in [0.25, 0.3) is 0 Å². The molecule has 3 aromatic carbocycles. The van der Waals surface area contributed by atoms with Crippen LogP contribution in [0, 0.1) is 20.8 Å². The lowest BCUT2D eigenvalue weighted by Crippen LogP contribution is -2.53. The van der Waals surface area contributed by atoms with Crippen LogP contribution in [0.2, 0.25) is 0 Å². The third-order valence-electron chi connectivity index (χ3n) is 6.51. The molecule has 2 amide bonds. The van der Waals surface area contributed by atoms with Crippen molar-refractivity contribution >= 4 is 6.03 Å². The Morgan fingerprint density at radius 3 is 1.94 bits per heavy atom. The summed E-state index contributed by atoms with van der Waals surface area (Å²) in [5, 5.41) is 2.93. The van der Waals surface area contributed by atoms with Crippen molar-refractivity contribution in [3.63, 3.8) is 0 Å². The molecule has 1 saturated heterocycles. The van der Waals surface area contributed by atoms with E-state index in [9.17, 15) is 4.79 Å². The van der Waals surface area contributed by atoms with E-state index < -0.39 is 0 Å². The minimum atomic E-state index is -0.0754. The summed E-state index contributed by atoms with van der Waals surface area (Å²) >= 11 is 0. The molecule has 33 heavy (non-hydrogen) atoms. The Morgan fingerprint density at radius 2 is 1.36 bits per heavy atom. The number of hydrogen-bond donors (Lipinski definition) is 1. The smallest absolute Gasteiger partial charge is 0.320 e. The van der Waals surface area contributed by atoms with Crippen LogP contribution < -0.4 is 10.1 Å². The monoisotopic (exact) mass is 443 g/mol. The van der Waals surface area contributed by atoms with Crippen molar-refractivity contribution in [1.82, 2.24) is 15.1 Å². The molecule has 3 aromatic rings. The van der Waals surface area contributed by atoms with Crippen molar-refractivity contribution in [2.75, 3.05) is 32.9 Å². The SMILES string of the molecule is Cc1ccc(C)c(OCNC(=O)N2CCN(C(c3ccccc3)c3ccccc3)CC2)c1C. The number of ether oxygens (including phenoxy) is 1. The van der Waals surface area contributed by atoms with Crippen molar-refractivity contribution in [3.05, 3.63) is 101 Å². The van der Waals surface area contributed by atoms with Crippen LogP contribution >= 0.6 is 0 Å². The predicted molar refractivity (Wildman–Crippen MR) is 133 cm³/mol. The second kappa shape index (κ2) is 10.5. The van der Waals surface area contributed by atoms with E-state index in [4.69, 9.17) is 4.74 Å². The summed E-state index contributed by atoms with van der Waals surface area (Å²) in [5.41, 5.74) is 5.93. The van der Waals surface area contributed by atoms with Crippen molar-refractivity contribution in [2.24, 2.45) is 0 Å². The van der Waals surface area contributed by atoms with Gasteiger partial charge in [0, 0.05) is 26.2 Å². The number of nitrogens with one attached hydrogen (secondary N) is 1. The fourth-order valence-corrected chi connectivity index (χ4v) is 4.50. The van der Waals surface area contributed by atoms with Crippen LogP contribution in [0.1, 0.15) is 33.9 Å². The lowest BCUT2D eigenvalue weighted by molar-refractivity contribution is 0.116. The fraction of sp³-hybridized carbons (Fsp3) is 0.321. The van der Waals surface area contributed by atoms with E-state index in [-0.39, 0.29) is 18.8 Å². The van der Waals surface area contributed by atoms with E-state index in [0.29, 0.717) is 13.1 Å². The van der Waals surface area contributed by atoms with Crippen LogP contribution in [-0.4, -0.2) is 48.7 Å². The lowest BCUT2D eigenvalue weighted by atomic mass is 9.96. The molecule has 4 rings (SSSR count). The highest BCUT2D eigenvalue weighted by molar-refractivity contribution is 5.74. The summed E-state index contributed by atoms with van der Waals surface area (Å²) in [6, 6.07) is 25.5. The number of piperazine rings is 1. The summed E-state index contributed by atoms with van der Waals surface area (Å²) < 4.78 is 5.92. The zero-order chi connectivity index (χ0) is 23.2. The van der Waals surface area contributed by atoms with Gasteiger partial charge in [-0.3, -0.25) is 4.90 Å². The molecule has 0 atom stereocenters. The molecule has 0 bridgehead atoms. The molecule has 0 aromatic heterocycles. The predicted octanol–water partition coefficient (Wildman–Crippen LogP) is 5.06. The molecule has 0 radical (unpaired) electrons. The van der Waals surface area contributed by atoms with Crippen LogP contribution in [0.25, 0.3) is 0 Å². The Hall–Kier alpha value is -3.31. The summed E-state index contributed by atoms with van der Waals surface area (Å²) in [6.07, 6.45) is 0. The number of hydrogen-bond acceptors (Lipinski definition) is 3. The average Bonchev–Trinajstić information content (AvgIpc) is 2.85. The molecule has 1 N–H and O–H groups in total. The summed E-state index contributed by atoms with van der Waals surface area (Å²) in [4.78, 5) is 17.1. The van der Waals surface area contributed by atoms with Crippen LogP contribution in [0.3, 0.4) is 0 Å². The first-order valence-electron chi connectivity index (χ1n) is 11.6. The van der Waals surface area contributed by atoms with E-state index in [1.165, 1.54) is 16.7 Å². The first kappa shape index (κ1) is 22.9. The number of benzene rings is 3. The normalized spacial score (nSPS) is 14.4. The molecule has 0 spiro atoms. The van der Waals surface area contributed by atoms with Gasteiger partial charge in [-0.1, -0.05) is 72.8 Å². The number of aryl methyl sites for hydroxylation is 2. The number of amides is 2. The number of rotatable bonds is 6. The first-order valence-corrected chi connectivity index (χ1v) is 11.6. The molecule has 0 saturated carbocycles. The fourth-order valence-electron chi connectivity index (χ4n) is 4.50. The average molecular weight is 444 g/mol. The first-order chi connectivity index (χ1) is 16.0. The Morgan fingerprint density at radius 1 is 0.818 bits per heavy atom. The highest BCUT2D eigenvalue weighted by Crippen LogP contribution is 2.29. The van der Waals surface area contributed by atoms with Crippen LogP contribution in [-0.2, 0) is 0 Å². The van der Waals surface area contributed by atoms with E-state index in [1.54, 1.807) is 0 Å². The van der Waals surface area contributed by atoms with Gasteiger partial charge in [0.1, 0.15) is 5.75 Å². The third kappa shape index (κ3) is 5.37. The molecule has 1 aliphatic rings. The molecule has 0 aliphatic carbocycles.